The molecular weight excluding hydrogens is 453 g/mol. The van der Waals surface area contributed by atoms with Gasteiger partial charge in [-0.1, -0.05) is 12.1 Å². The number of benzene rings is 1. The highest BCUT2D eigenvalue weighted by atomic mass is 32.2. The van der Waals surface area contributed by atoms with Gasteiger partial charge in [-0.15, -0.1) is 13.2 Å². The van der Waals surface area contributed by atoms with Crippen molar-refractivity contribution >= 4 is 17.8 Å². The Bertz CT molecular complexity index is 971. The van der Waals surface area contributed by atoms with Crippen molar-refractivity contribution in [3.63, 3.8) is 0 Å². The monoisotopic (exact) mass is 480 g/mol. The van der Waals surface area contributed by atoms with Gasteiger partial charge in [-0.2, -0.15) is 16.9 Å². The smallest absolute Gasteiger partial charge is 0.406 e. The number of likely N-dealkylation sites (tertiary alicyclic amines) is 1. The van der Waals surface area contributed by atoms with Crippen LogP contribution >= 0.6 is 11.8 Å². The number of thioether (sulfide) groups is 1. The highest BCUT2D eigenvalue weighted by Crippen LogP contribution is 2.41. The number of nitrogens with one attached hydrogen (secondary N) is 1. The third-order valence-electron chi connectivity index (χ3n) is 6.64. The second kappa shape index (κ2) is 9.12. The number of urea groups is 1. The van der Waals surface area contributed by atoms with Crippen LogP contribution in [-0.4, -0.2) is 70.1 Å². The maximum Gasteiger partial charge on any atom is 0.573 e. The van der Waals surface area contributed by atoms with Crippen LogP contribution in [0.15, 0.2) is 30.3 Å². The molecule has 2 saturated heterocycles. The summed E-state index contributed by atoms with van der Waals surface area (Å²) in [5.74, 6) is 2.29. The van der Waals surface area contributed by atoms with E-state index in [-0.39, 0.29) is 23.6 Å². The highest BCUT2D eigenvalue weighted by molar-refractivity contribution is 7.99. The topological polar surface area (TPSA) is 61.5 Å². The number of aromatic amines is 1. The zero-order valence-electron chi connectivity index (χ0n) is 18.2. The van der Waals surface area contributed by atoms with Gasteiger partial charge < -0.3 is 14.5 Å². The minimum absolute atomic E-state index is 0.00729. The molecule has 1 N–H and O–H groups in total. The molecule has 0 bridgehead atoms. The second-order valence-corrected chi connectivity index (χ2v) is 10.3. The average Bonchev–Trinajstić information content (AvgIpc) is 3.54. The summed E-state index contributed by atoms with van der Waals surface area (Å²) in [6.45, 7) is 2.63. The Morgan fingerprint density at radius 1 is 1.03 bits per heavy atom. The molecule has 0 spiro atoms. The van der Waals surface area contributed by atoms with Crippen molar-refractivity contribution in [3.05, 3.63) is 47.3 Å². The van der Waals surface area contributed by atoms with Crippen LogP contribution in [0.25, 0.3) is 0 Å². The number of nitrogens with zero attached hydrogens (tertiary/aromatic N) is 3. The van der Waals surface area contributed by atoms with Crippen LogP contribution in [0.1, 0.15) is 54.0 Å². The molecule has 2 atom stereocenters. The molecule has 6 nitrogen and oxygen atoms in total. The fourth-order valence-corrected chi connectivity index (χ4v) is 5.68. The summed E-state index contributed by atoms with van der Waals surface area (Å²) in [7, 11) is 0. The van der Waals surface area contributed by atoms with Gasteiger partial charge in [0.05, 0.1) is 5.69 Å². The summed E-state index contributed by atoms with van der Waals surface area (Å²) in [6, 6.07) is 8.22. The maximum atomic E-state index is 13.3. The molecule has 2 amide bonds. The lowest BCUT2D eigenvalue weighted by atomic mass is 9.83. The van der Waals surface area contributed by atoms with Crippen LogP contribution < -0.4 is 4.74 Å². The van der Waals surface area contributed by atoms with Gasteiger partial charge in [-0.05, 0) is 43.0 Å². The van der Waals surface area contributed by atoms with Gasteiger partial charge in [0, 0.05) is 61.1 Å². The Morgan fingerprint density at radius 3 is 2.39 bits per heavy atom. The van der Waals surface area contributed by atoms with E-state index in [0.717, 1.165) is 48.0 Å². The van der Waals surface area contributed by atoms with Gasteiger partial charge in [-0.25, -0.2) is 4.79 Å². The molecule has 1 saturated carbocycles. The van der Waals surface area contributed by atoms with Crippen LogP contribution in [0, 0.1) is 0 Å². The van der Waals surface area contributed by atoms with E-state index >= 15 is 0 Å². The summed E-state index contributed by atoms with van der Waals surface area (Å²) in [5, 5.41) is 7.73. The molecule has 0 radical (unpaired) electrons. The minimum Gasteiger partial charge on any atom is -0.406 e. The first-order valence-electron chi connectivity index (χ1n) is 11.4. The Morgan fingerprint density at radius 2 is 1.73 bits per heavy atom. The number of ether oxygens (including phenoxy) is 1. The molecule has 178 valence electrons. The predicted octanol–water partition coefficient (Wildman–Crippen LogP) is 4.93. The number of halogens is 3. The first-order chi connectivity index (χ1) is 15.9. The minimum atomic E-state index is -4.72. The molecule has 5 rings (SSSR count). The van der Waals surface area contributed by atoms with E-state index in [9.17, 15) is 18.0 Å². The van der Waals surface area contributed by atoms with Crippen LogP contribution in [-0.2, 0) is 0 Å². The first kappa shape index (κ1) is 22.4. The number of piperidine rings is 1. The number of H-pyrrole nitrogens is 1. The molecule has 1 aromatic heterocycles. The fourth-order valence-electron chi connectivity index (χ4n) is 4.77. The van der Waals surface area contributed by atoms with Crippen LogP contribution in [0.3, 0.4) is 0 Å². The summed E-state index contributed by atoms with van der Waals surface area (Å²) in [6.07, 6.45) is -1.57. The van der Waals surface area contributed by atoms with Gasteiger partial charge in [0.25, 0.3) is 0 Å². The van der Waals surface area contributed by atoms with Gasteiger partial charge in [-0.3, -0.25) is 5.10 Å². The quantitative estimate of drug-likeness (QED) is 0.674. The van der Waals surface area contributed by atoms with Crippen molar-refractivity contribution in [1.82, 2.24) is 20.0 Å². The van der Waals surface area contributed by atoms with E-state index in [0.29, 0.717) is 19.0 Å². The molecule has 2 unspecified atom stereocenters. The number of hydrogen-bond donors (Lipinski definition) is 1. The number of carbonyl (C=O) groups is 1. The number of carbonyl (C=O) groups excluding carboxylic acids is 1. The van der Waals surface area contributed by atoms with E-state index in [4.69, 9.17) is 0 Å². The van der Waals surface area contributed by atoms with E-state index in [2.05, 4.69) is 21.0 Å². The molecule has 3 fully saturated rings. The van der Waals surface area contributed by atoms with E-state index < -0.39 is 6.36 Å². The van der Waals surface area contributed by atoms with Gasteiger partial charge in [0.2, 0.25) is 0 Å². The number of alkyl halides is 3. The molecule has 10 heteroatoms. The molecule has 1 aromatic carbocycles. The molecule has 2 aliphatic heterocycles. The third-order valence-corrected chi connectivity index (χ3v) is 7.58. The van der Waals surface area contributed by atoms with Crippen LogP contribution in [0.4, 0.5) is 18.0 Å². The summed E-state index contributed by atoms with van der Waals surface area (Å²) >= 11 is 1.86. The molecule has 3 heterocycles. The summed E-state index contributed by atoms with van der Waals surface area (Å²) in [5.41, 5.74) is 3.02. The molecule has 33 heavy (non-hydrogen) atoms. The fraction of sp³-hybridized carbons (Fsp3) is 0.565. The molecular formula is C23H27F3N4O2S. The van der Waals surface area contributed by atoms with Gasteiger partial charge in [0.1, 0.15) is 5.75 Å². The van der Waals surface area contributed by atoms with Gasteiger partial charge in [0.15, 0.2) is 0 Å². The van der Waals surface area contributed by atoms with Crippen LogP contribution in [0.5, 0.6) is 5.75 Å². The predicted molar refractivity (Wildman–Crippen MR) is 120 cm³/mol. The largest absolute Gasteiger partial charge is 0.573 e. The Hall–Kier alpha value is -2.36. The van der Waals surface area contributed by atoms with E-state index in [1.165, 1.54) is 25.0 Å². The number of rotatable bonds is 4. The molecule has 2 aromatic rings. The first-order valence-corrected chi connectivity index (χ1v) is 12.5. The van der Waals surface area contributed by atoms with E-state index in [1.54, 1.807) is 12.1 Å². The standard InChI is InChI=1S/C23H27F3N4O2S/c24-23(25,26)32-19-5-3-15(4-6-19)17-11-18(21-12-20(27-28-21)16-1-2-16)14-30(13-17)22(31)29-7-9-33-10-8-29/h3-6,12,16-18H,1-2,7-11,13-14H2,(H,27,28). The SMILES string of the molecule is O=C(N1CCSCC1)N1CC(c2ccc(OC(F)(F)F)cc2)CC(c2cc(C3CC3)[nH]n2)C1. The lowest BCUT2D eigenvalue weighted by molar-refractivity contribution is -0.274. The normalized spacial score (nSPS) is 24.1. The average molecular weight is 481 g/mol. The highest BCUT2D eigenvalue weighted by Gasteiger charge is 2.36. The van der Waals surface area contributed by atoms with E-state index in [1.807, 2.05) is 21.6 Å². The van der Waals surface area contributed by atoms with Crippen LogP contribution in [0.2, 0.25) is 0 Å². The van der Waals surface area contributed by atoms with Crippen molar-refractivity contribution in [2.45, 2.75) is 43.4 Å². The Labute approximate surface area is 194 Å². The summed E-state index contributed by atoms with van der Waals surface area (Å²) < 4.78 is 41.6. The van der Waals surface area contributed by atoms with Crippen molar-refractivity contribution in [3.8, 4) is 5.75 Å². The Kier molecular flexibility index (Phi) is 6.20. The zero-order valence-corrected chi connectivity index (χ0v) is 19.0. The maximum absolute atomic E-state index is 13.3. The van der Waals surface area contributed by atoms with Crippen molar-refractivity contribution < 1.29 is 22.7 Å². The number of aromatic nitrogens is 2. The lowest BCUT2D eigenvalue weighted by Crippen LogP contribution is -2.51. The molecule has 3 aliphatic rings. The van der Waals surface area contributed by atoms with Crippen molar-refractivity contribution in [1.29, 1.82) is 0 Å². The third kappa shape index (κ3) is 5.42. The van der Waals surface area contributed by atoms with Crippen molar-refractivity contribution in [2.24, 2.45) is 0 Å². The zero-order chi connectivity index (χ0) is 23.0. The Balaban J connectivity index is 1.36. The number of hydrogen-bond acceptors (Lipinski definition) is 4. The molecule has 1 aliphatic carbocycles. The summed E-state index contributed by atoms with van der Waals surface area (Å²) in [4.78, 5) is 17.1. The van der Waals surface area contributed by atoms with Crippen molar-refractivity contribution in [2.75, 3.05) is 37.7 Å². The number of amides is 2. The van der Waals surface area contributed by atoms with Gasteiger partial charge >= 0.3 is 12.4 Å². The second-order valence-electron chi connectivity index (χ2n) is 9.06. The lowest BCUT2D eigenvalue weighted by Gasteiger charge is -2.40.